The van der Waals surface area contributed by atoms with Gasteiger partial charge in [-0.25, -0.2) is 4.39 Å². The summed E-state index contributed by atoms with van der Waals surface area (Å²) < 4.78 is 25.0. The van der Waals surface area contributed by atoms with E-state index >= 15 is 0 Å². The average Bonchev–Trinajstić information content (AvgIpc) is 2.42. The van der Waals surface area contributed by atoms with Crippen molar-refractivity contribution in [2.45, 2.75) is 32.6 Å². The van der Waals surface area contributed by atoms with Gasteiger partial charge in [-0.15, -0.1) is 0 Å². The molecule has 1 heterocycles. The number of morpholine rings is 1. The van der Waals surface area contributed by atoms with E-state index in [1.807, 2.05) is 26.0 Å². The smallest absolute Gasteiger partial charge is 0.146 e. The summed E-state index contributed by atoms with van der Waals surface area (Å²) in [6.45, 7) is 7.57. The maximum Gasteiger partial charge on any atom is 0.146 e. The molecule has 1 aromatic carbocycles. The van der Waals surface area contributed by atoms with Gasteiger partial charge in [-0.3, -0.25) is 0 Å². The van der Waals surface area contributed by atoms with Gasteiger partial charge in [0.25, 0.3) is 0 Å². The first kappa shape index (κ1) is 16.2. The molecule has 118 valence electrons. The number of benzene rings is 1. The van der Waals surface area contributed by atoms with Gasteiger partial charge in [0.1, 0.15) is 5.82 Å². The number of hydrogen-bond donors (Lipinski definition) is 1. The van der Waals surface area contributed by atoms with E-state index in [1.54, 1.807) is 13.2 Å². The molecule has 1 fully saturated rings. The van der Waals surface area contributed by atoms with Crippen molar-refractivity contribution in [1.82, 2.24) is 5.32 Å². The first-order valence-corrected chi connectivity index (χ1v) is 7.48. The Morgan fingerprint density at radius 3 is 2.67 bits per heavy atom. The van der Waals surface area contributed by atoms with E-state index in [9.17, 15) is 4.39 Å². The van der Waals surface area contributed by atoms with Crippen molar-refractivity contribution in [3.8, 4) is 0 Å². The highest BCUT2D eigenvalue weighted by Crippen LogP contribution is 2.24. The summed E-state index contributed by atoms with van der Waals surface area (Å²) in [5.74, 6) is -0.164. The number of methoxy groups -OCH3 is 1. The molecule has 0 bridgehead atoms. The van der Waals surface area contributed by atoms with Gasteiger partial charge in [0.2, 0.25) is 0 Å². The molecule has 1 saturated heterocycles. The zero-order valence-corrected chi connectivity index (χ0v) is 13.1. The molecule has 0 radical (unpaired) electrons. The third-order valence-corrected chi connectivity index (χ3v) is 3.58. The fourth-order valence-corrected chi connectivity index (χ4v) is 2.70. The Bertz CT molecular complexity index is 446. The molecule has 2 rings (SSSR count). The maximum atomic E-state index is 14.3. The molecule has 1 aliphatic rings. The van der Waals surface area contributed by atoms with Crippen molar-refractivity contribution in [2.75, 3.05) is 38.3 Å². The SMILES string of the molecule is COCCNCc1ccc(N2CC(C)OC(C)C2)c(F)c1. The van der Waals surface area contributed by atoms with Gasteiger partial charge in [-0.05, 0) is 31.5 Å². The van der Waals surface area contributed by atoms with Crippen LogP contribution < -0.4 is 10.2 Å². The van der Waals surface area contributed by atoms with Crippen LogP contribution in [0.1, 0.15) is 19.4 Å². The predicted octanol–water partition coefficient (Wildman–Crippen LogP) is 2.18. The van der Waals surface area contributed by atoms with Crippen LogP contribution in [-0.2, 0) is 16.0 Å². The van der Waals surface area contributed by atoms with Crippen LogP contribution in [0, 0.1) is 5.82 Å². The van der Waals surface area contributed by atoms with Crippen molar-refractivity contribution in [3.63, 3.8) is 0 Å². The van der Waals surface area contributed by atoms with E-state index in [2.05, 4.69) is 10.2 Å². The molecule has 1 N–H and O–H groups in total. The summed E-state index contributed by atoms with van der Waals surface area (Å²) in [4.78, 5) is 2.07. The van der Waals surface area contributed by atoms with Crippen LogP contribution in [-0.4, -0.2) is 45.6 Å². The lowest BCUT2D eigenvalue weighted by molar-refractivity contribution is -0.00539. The maximum absolute atomic E-state index is 14.3. The van der Waals surface area contributed by atoms with E-state index < -0.39 is 0 Å². The Kier molecular flexibility index (Phi) is 5.96. The van der Waals surface area contributed by atoms with Gasteiger partial charge >= 0.3 is 0 Å². The van der Waals surface area contributed by atoms with Crippen LogP contribution in [0.5, 0.6) is 0 Å². The lowest BCUT2D eigenvalue weighted by Gasteiger charge is -2.37. The average molecular weight is 296 g/mol. The van der Waals surface area contributed by atoms with Crippen molar-refractivity contribution < 1.29 is 13.9 Å². The molecule has 4 nitrogen and oxygen atoms in total. The minimum absolute atomic E-state index is 0.128. The zero-order chi connectivity index (χ0) is 15.2. The van der Waals surface area contributed by atoms with Crippen LogP contribution in [0.15, 0.2) is 18.2 Å². The molecule has 0 spiro atoms. The second-order valence-electron chi connectivity index (χ2n) is 5.62. The molecule has 2 atom stereocenters. The molecule has 5 heteroatoms. The monoisotopic (exact) mass is 296 g/mol. The summed E-state index contributed by atoms with van der Waals surface area (Å²) in [5.41, 5.74) is 1.61. The first-order valence-electron chi connectivity index (χ1n) is 7.48. The Morgan fingerprint density at radius 1 is 1.33 bits per heavy atom. The third-order valence-electron chi connectivity index (χ3n) is 3.58. The number of ether oxygens (including phenoxy) is 2. The Morgan fingerprint density at radius 2 is 2.05 bits per heavy atom. The molecule has 21 heavy (non-hydrogen) atoms. The Balaban J connectivity index is 1.98. The standard InChI is InChI=1S/C16H25FN2O2/c1-12-10-19(11-13(2)21-12)16-5-4-14(8-15(16)17)9-18-6-7-20-3/h4-5,8,12-13,18H,6-7,9-11H2,1-3H3. The fraction of sp³-hybridized carbons (Fsp3) is 0.625. The van der Waals surface area contributed by atoms with E-state index in [0.717, 1.165) is 25.2 Å². The molecule has 0 amide bonds. The molecule has 2 unspecified atom stereocenters. The number of halogens is 1. The van der Waals surface area contributed by atoms with E-state index in [0.29, 0.717) is 18.8 Å². The molecule has 0 aliphatic carbocycles. The number of hydrogen-bond acceptors (Lipinski definition) is 4. The fourth-order valence-electron chi connectivity index (χ4n) is 2.70. The predicted molar refractivity (Wildman–Crippen MR) is 82.2 cm³/mol. The molecule has 1 aliphatic heterocycles. The summed E-state index contributed by atoms with van der Waals surface area (Å²) >= 11 is 0. The summed E-state index contributed by atoms with van der Waals surface area (Å²) in [7, 11) is 1.67. The molecular formula is C16H25FN2O2. The van der Waals surface area contributed by atoms with Crippen molar-refractivity contribution in [1.29, 1.82) is 0 Å². The molecular weight excluding hydrogens is 271 g/mol. The van der Waals surface area contributed by atoms with Gasteiger partial charge in [0.05, 0.1) is 24.5 Å². The second kappa shape index (κ2) is 7.73. The van der Waals surface area contributed by atoms with Gasteiger partial charge in [0, 0.05) is 33.3 Å². The van der Waals surface area contributed by atoms with Crippen LogP contribution in [0.3, 0.4) is 0 Å². The van der Waals surface area contributed by atoms with Crippen molar-refractivity contribution >= 4 is 5.69 Å². The lowest BCUT2D eigenvalue weighted by Crippen LogP contribution is -2.45. The Labute approximate surface area is 126 Å². The van der Waals surface area contributed by atoms with Crippen molar-refractivity contribution in [3.05, 3.63) is 29.6 Å². The highest BCUT2D eigenvalue weighted by atomic mass is 19.1. The van der Waals surface area contributed by atoms with E-state index in [4.69, 9.17) is 9.47 Å². The van der Waals surface area contributed by atoms with E-state index in [-0.39, 0.29) is 18.0 Å². The third kappa shape index (κ3) is 4.66. The van der Waals surface area contributed by atoms with Gasteiger partial charge < -0.3 is 19.7 Å². The van der Waals surface area contributed by atoms with Crippen LogP contribution in [0.2, 0.25) is 0 Å². The highest BCUT2D eigenvalue weighted by Gasteiger charge is 2.24. The summed E-state index contributed by atoms with van der Waals surface area (Å²) in [6.07, 6.45) is 0.257. The minimum Gasteiger partial charge on any atom is -0.383 e. The molecule has 0 saturated carbocycles. The largest absolute Gasteiger partial charge is 0.383 e. The lowest BCUT2D eigenvalue weighted by atomic mass is 10.1. The quantitative estimate of drug-likeness (QED) is 0.816. The zero-order valence-electron chi connectivity index (χ0n) is 13.1. The first-order chi connectivity index (χ1) is 10.1. The molecule has 1 aromatic rings. The second-order valence-corrected chi connectivity index (χ2v) is 5.62. The number of anilines is 1. The van der Waals surface area contributed by atoms with Gasteiger partial charge in [0.15, 0.2) is 0 Å². The van der Waals surface area contributed by atoms with Crippen LogP contribution in [0.25, 0.3) is 0 Å². The summed E-state index contributed by atoms with van der Waals surface area (Å²) in [5, 5.41) is 3.22. The number of nitrogens with zero attached hydrogens (tertiary/aromatic N) is 1. The number of nitrogens with one attached hydrogen (secondary N) is 1. The summed E-state index contributed by atoms with van der Waals surface area (Å²) in [6, 6.07) is 5.45. The Hall–Kier alpha value is -1.17. The van der Waals surface area contributed by atoms with Crippen LogP contribution in [0.4, 0.5) is 10.1 Å². The minimum atomic E-state index is -0.164. The normalized spacial score (nSPS) is 22.6. The highest BCUT2D eigenvalue weighted by molar-refractivity contribution is 5.49. The van der Waals surface area contributed by atoms with Gasteiger partial charge in [-0.1, -0.05) is 6.07 Å². The molecule has 0 aromatic heterocycles. The number of rotatable bonds is 6. The van der Waals surface area contributed by atoms with E-state index in [1.165, 1.54) is 0 Å². The van der Waals surface area contributed by atoms with Crippen LogP contribution >= 0.6 is 0 Å². The van der Waals surface area contributed by atoms with Crippen molar-refractivity contribution in [2.24, 2.45) is 0 Å². The van der Waals surface area contributed by atoms with Gasteiger partial charge in [-0.2, -0.15) is 0 Å². The topological polar surface area (TPSA) is 33.7 Å².